The van der Waals surface area contributed by atoms with Crippen molar-refractivity contribution in [2.45, 2.75) is 46.7 Å². The van der Waals surface area contributed by atoms with Gasteiger partial charge in [-0.2, -0.15) is 0 Å². The maximum absolute atomic E-state index is 12.8. The number of hydrogen-bond acceptors (Lipinski definition) is 2. The molecule has 1 aromatic carbocycles. The van der Waals surface area contributed by atoms with Crippen LogP contribution in [0.5, 0.6) is 0 Å². The quantitative estimate of drug-likeness (QED) is 0.689. The highest BCUT2D eigenvalue weighted by Gasteiger charge is 2.23. The lowest BCUT2D eigenvalue weighted by Crippen LogP contribution is -2.36. The van der Waals surface area contributed by atoms with E-state index in [2.05, 4.69) is 61.0 Å². The second kappa shape index (κ2) is 8.48. The van der Waals surface area contributed by atoms with Gasteiger partial charge >= 0.3 is 0 Å². The molecule has 0 aliphatic carbocycles. The minimum atomic E-state index is 0.102. The monoisotopic (exact) mass is 345 g/mol. The smallest absolute Gasteiger partial charge is 0.257 e. The van der Waals surface area contributed by atoms with Gasteiger partial charge in [-0.3, -0.25) is 4.79 Å². The third-order valence-electron chi connectivity index (χ3n) is 4.82. The average molecular weight is 346 g/mol. The zero-order valence-corrected chi connectivity index (χ0v) is 16.7. The van der Waals surface area contributed by atoms with Crippen molar-refractivity contribution in [3.8, 4) is 0 Å². The number of benzene rings is 1. The van der Waals surface area contributed by atoms with Gasteiger partial charge in [-0.1, -0.05) is 6.92 Å². The van der Waals surface area contributed by atoms with E-state index in [1.165, 1.54) is 11.3 Å². The van der Waals surface area contributed by atoms with Gasteiger partial charge in [0, 0.05) is 31.6 Å². The average Bonchev–Trinajstić information content (AvgIpc) is 2.92. The number of aryl methyl sites for hydroxylation is 2. The van der Waals surface area contributed by atoms with E-state index in [1.54, 1.807) is 0 Å². The van der Waals surface area contributed by atoms with Crippen LogP contribution in [-0.2, 0) is 19.5 Å². The summed E-state index contributed by atoms with van der Waals surface area (Å²) in [4.78, 5) is 16.8. The van der Waals surface area contributed by atoms with Crippen LogP contribution in [0.1, 0.15) is 43.4 Å². The Morgan fingerprint density at radius 2 is 1.84 bits per heavy atom. The number of imidazole rings is 1. The number of fused-ring (bicyclic) bond motifs is 1. The highest BCUT2D eigenvalue weighted by Crippen LogP contribution is 2.18. The summed E-state index contributed by atoms with van der Waals surface area (Å²) in [6.45, 7) is 10.2. The lowest BCUT2D eigenvalue weighted by Gasteiger charge is -2.18. The molecule has 0 atom stereocenters. The fraction of sp³-hybridized carbons (Fsp3) is 0.600. The third-order valence-corrected chi connectivity index (χ3v) is 4.82. The summed E-state index contributed by atoms with van der Waals surface area (Å²) >= 11 is 0. The summed E-state index contributed by atoms with van der Waals surface area (Å²) in [5, 5.41) is 0. The SMILES string of the molecule is CCc1n(CC)c2cc(C(=O)N(C)CCCN(C)C)ccc2[n+]1CC. The normalized spacial score (nSPS) is 11.5. The molecule has 2 rings (SSSR count). The van der Waals surface area contributed by atoms with Crippen molar-refractivity contribution in [3.05, 3.63) is 29.6 Å². The van der Waals surface area contributed by atoms with Crippen LogP contribution in [0.4, 0.5) is 0 Å². The van der Waals surface area contributed by atoms with Gasteiger partial charge < -0.3 is 9.80 Å². The molecule has 0 radical (unpaired) electrons. The number of rotatable bonds is 8. The highest BCUT2D eigenvalue weighted by molar-refractivity contribution is 5.97. The highest BCUT2D eigenvalue weighted by atomic mass is 16.2. The van der Waals surface area contributed by atoms with Crippen molar-refractivity contribution < 1.29 is 9.36 Å². The van der Waals surface area contributed by atoms with E-state index in [9.17, 15) is 4.79 Å². The molecule has 0 fully saturated rings. The second-order valence-corrected chi connectivity index (χ2v) is 6.85. The first-order chi connectivity index (χ1) is 11.9. The molecule has 0 aliphatic heterocycles. The Morgan fingerprint density at radius 3 is 2.40 bits per heavy atom. The summed E-state index contributed by atoms with van der Waals surface area (Å²) in [6, 6.07) is 6.14. The molecule has 0 N–H and O–H groups in total. The summed E-state index contributed by atoms with van der Waals surface area (Å²) in [5.41, 5.74) is 3.15. The Kier molecular flexibility index (Phi) is 6.59. The largest absolute Gasteiger partial charge is 0.342 e. The first-order valence-corrected chi connectivity index (χ1v) is 9.39. The topological polar surface area (TPSA) is 32.4 Å². The predicted molar refractivity (Wildman–Crippen MR) is 103 cm³/mol. The Balaban J connectivity index is 2.32. The molecule has 2 aromatic rings. The van der Waals surface area contributed by atoms with E-state index in [-0.39, 0.29) is 5.91 Å². The molecule has 0 saturated heterocycles. The Hall–Kier alpha value is -1.88. The van der Waals surface area contributed by atoms with E-state index in [0.717, 1.165) is 50.1 Å². The molecule has 1 amide bonds. The van der Waals surface area contributed by atoms with Crippen LogP contribution < -0.4 is 4.57 Å². The number of aromatic nitrogens is 2. The van der Waals surface area contributed by atoms with Gasteiger partial charge in [-0.25, -0.2) is 9.13 Å². The molecule has 138 valence electrons. The number of carbonyl (C=O) groups is 1. The molecule has 0 saturated carbocycles. The van der Waals surface area contributed by atoms with Gasteiger partial charge in [0.2, 0.25) is 0 Å². The van der Waals surface area contributed by atoms with Gasteiger partial charge in [-0.15, -0.1) is 0 Å². The van der Waals surface area contributed by atoms with Crippen LogP contribution in [0.2, 0.25) is 0 Å². The molecule has 0 spiro atoms. The standard InChI is InChI=1S/C20H33N4O/c1-7-19-23(8-2)17-12-11-16(15-18(17)24(19)9-3)20(25)22(6)14-10-13-21(4)5/h11-12,15H,7-10,13-14H2,1-6H3/q+1. The molecular weight excluding hydrogens is 312 g/mol. The molecular formula is C20H33N4O+. The fourth-order valence-electron chi connectivity index (χ4n) is 3.56. The number of amides is 1. The van der Waals surface area contributed by atoms with Gasteiger partial charge in [0.05, 0.1) is 13.1 Å². The third kappa shape index (κ3) is 4.03. The number of nitrogens with zero attached hydrogens (tertiary/aromatic N) is 4. The molecule has 25 heavy (non-hydrogen) atoms. The van der Waals surface area contributed by atoms with Gasteiger partial charge in [-0.05, 0) is 53.0 Å². The Morgan fingerprint density at radius 1 is 1.12 bits per heavy atom. The van der Waals surface area contributed by atoms with Crippen molar-refractivity contribution >= 4 is 16.9 Å². The van der Waals surface area contributed by atoms with E-state index < -0.39 is 0 Å². The Labute approximate surface area is 151 Å². The minimum absolute atomic E-state index is 0.102. The van der Waals surface area contributed by atoms with Crippen LogP contribution in [0.25, 0.3) is 11.0 Å². The van der Waals surface area contributed by atoms with Crippen molar-refractivity contribution in [1.29, 1.82) is 0 Å². The zero-order chi connectivity index (χ0) is 18.6. The van der Waals surface area contributed by atoms with Crippen LogP contribution in [0, 0.1) is 0 Å². The van der Waals surface area contributed by atoms with Crippen molar-refractivity contribution in [1.82, 2.24) is 14.4 Å². The predicted octanol–water partition coefficient (Wildman–Crippen LogP) is 2.55. The molecule has 1 heterocycles. The molecule has 0 unspecified atom stereocenters. The number of hydrogen-bond donors (Lipinski definition) is 0. The molecule has 1 aromatic heterocycles. The van der Waals surface area contributed by atoms with Crippen LogP contribution >= 0.6 is 0 Å². The van der Waals surface area contributed by atoms with E-state index in [1.807, 2.05) is 18.0 Å². The van der Waals surface area contributed by atoms with Gasteiger partial charge in [0.1, 0.15) is 0 Å². The Bertz CT molecular complexity index is 733. The van der Waals surface area contributed by atoms with Crippen molar-refractivity contribution in [2.24, 2.45) is 0 Å². The molecule has 5 heteroatoms. The molecule has 0 aliphatic rings. The number of carbonyl (C=O) groups excluding carboxylic acids is 1. The fourth-order valence-corrected chi connectivity index (χ4v) is 3.56. The van der Waals surface area contributed by atoms with E-state index in [0.29, 0.717) is 0 Å². The van der Waals surface area contributed by atoms with Gasteiger partial charge in [0.15, 0.2) is 11.0 Å². The van der Waals surface area contributed by atoms with E-state index in [4.69, 9.17) is 0 Å². The molecule has 0 bridgehead atoms. The summed E-state index contributed by atoms with van der Waals surface area (Å²) in [6.07, 6.45) is 1.97. The first-order valence-electron chi connectivity index (χ1n) is 9.39. The summed E-state index contributed by atoms with van der Waals surface area (Å²) in [5.74, 6) is 1.43. The summed E-state index contributed by atoms with van der Waals surface area (Å²) < 4.78 is 4.69. The van der Waals surface area contributed by atoms with Crippen molar-refractivity contribution in [2.75, 3.05) is 34.2 Å². The lowest BCUT2D eigenvalue weighted by molar-refractivity contribution is -0.676. The maximum Gasteiger partial charge on any atom is 0.257 e. The van der Waals surface area contributed by atoms with E-state index >= 15 is 0 Å². The van der Waals surface area contributed by atoms with Crippen LogP contribution in [0.3, 0.4) is 0 Å². The minimum Gasteiger partial charge on any atom is -0.342 e. The summed E-state index contributed by atoms with van der Waals surface area (Å²) in [7, 11) is 6.01. The molecule has 5 nitrogen and oxygen atoms in total. The van der Waals surface area contributed by atoms with Crippen LogP contribution in [0.15, 0.2) is 18.2 Å². The van der Waals surface area contributed by atoms with Crippen molar-refractivity contribution in [3.63, 3.8) is 0 Å². The van der Waals surface area contributed by atoms with Gasteiger partial charge in [0.25, 0.3) is 11.7 Å². The first kappa shape index (κ1) is 19.4. The lowest BCUT2D eigenvalue weighted by atomic mass is 10.1. The van der Waals surface area contributed by atoms with Crippen LogP contribution in [-0.4, -0.2) is 54.5 Å². The second-order valence-electron chi connectivity index (χ2n) is 6.85. The maximum atomic E-state index is 12.8. The zero-order valence-electron chi connectivity index (χ0n) is 16.7.